The normalized spacial score (nSPS) is 12.8. The van der Waals surface area contributed by atoms with E-state index in [2.05, 4.69) is 16.7 Å². The number of hydrogen-bond acceptors (Lipinski definition) is 5. The molecule has 180 valence electrons. The molecule has 2 heterocycles. The number of nitrogens with zero attached hydrogens (tertiary/aromatic N) is 3. The molecule has 1 aliphatic carbocycles. The number of aryl methyl sites for hydroxylation is 2. The monoisotopic (exact) mass is 478 g/mol. The Morgan fingerprint density at radius 1 is 1.00 bits per heavy atom. The number of aromatic nitrogens is 3. The summed E-state index contributed by atoms with van der Waals surface area (Å²) >= 11 is 0. The first-order chi connectivity index (χ1) is 17.5. The van der Waals surface area contributed by atoms with Crippen molar-refractivity contribution in [1.29, 1.82) is 0 Å². The summed E-state index contributed by atoms with van der Waals surface area (Å²) in [6.45, 7) is 2.40. The molecule has 0 amide bonds. The van der Waals surface area contributed by atoms with Gasteiger partial charge in [-0.1, -0.05) is 42.5 Å². The van der Waals surface area contributed by atoms with Crippen LogP contribution < -0.4 is 16.1 Å². The minimum Gasteiger partial charge on any atom is -0.342 e. The molecule has 0 atom stereocenters. The minimum atomic E-state index is -0.557. The van der Waals surface area contributed by atoms with Gasteiger partial charge in [0.05, 0.1) is 5.52 Å². The summed E-state index contributed by atoms with van der Waals surface area (Å²) in [5.41, 5.74) is 13.1. The zero-order chi connectivity index (χ0) is 24.8. The van der Waals surface area contributed by atoms with Crippen LogP contribution in [0.1, 0.15) is 35.6 Å². The molecule has 0 spiro atoms. The van der Waals surface area contributed by atoms with Gasteiger partial charge in [-0.3, -0.25) is 4.79 Å². The third kappa shape index (κ3) is 3.78. The molecule has 3 aromatic carbocycles. The Labute approximate surface area is 207 Å². The number of para-hydroxylation sites is 1. The molecule has 2 aromatic heterocycles. The third-order valence-corrected chi connectivity index (χ3v) is 6.87. The van der Waals surface area contributed by atoms with Gasteiger partial charge in [0.25, 0.3) is 0 Å². The standard InChI is InChI=1S/C29H26N4O3/c1-18(34)36-33-27-14-22-9-5-8-21(22)13-25(27)31-28(29(33)35)24-17-32(26-11-3-2-10-23(24)26)16-20-7-4-6-19(12-20)15-30/h2-4,6-7,10-14,17H,5,8-9,15-16,30H2,1H3. The van der Waals surface area contributed by atoms with E-state index >= 15 is 0 Å². The lowest BCUT2D eigenvalue weighted by molar-refractivity contribution is -0.141. The van der Waals surface area contributed by atoms with Crippen molar-refractivity contribution in [3.63, 3.8) is 0 Å². The van der Waals surface area contributed by atoms with Crippen LogP contribution in [0, 0.1) is 0 Å². The van der Waals surface area contributed by atoms with Crippen LogP contribution in [0.4, 0.5) is 0 Å². The quantitative estimate of drug-likeness (QED) is 0.412. The van der Waals surface area contributed by atoms with E-state index in [1.165, 1.54) is 18.1 Å². The van der Waals surface area contributed by atoms with Gasteiger partial charge in [0.2, 0.25) is 0 Å². The third-order valence-electron chi connectivity index (χ3n) is 6.87. The van der Waals surface area contributed by atoms with Gasteiger partial charge in [-0.2, -0.15) is 0 Å². The second-order valence-electron chi connectivity index (χ2n) is 9.32. The Morgan fingerprint density at radius 2 is 1.78 bits per heavy atom. The Kier molecular flexibility index (Phi) is 5.42. The molecular weight excluding hydrogens is 452 g/mol. The molecule has 36 heavy (non-hydrogen) atoms. The van der Waals surface area contributed by atoms with Gasteiger partial charge in [0.15, 0.2) is 0 Å². The molecule has 6 rings (SSSR count). The van der Waals surface area contributed by atoms with Gasteiger partial charge in [0.1, 0.15) is 11.2 Å². The van der Waals surface area contributed by atoms with E-state index in [9.17, 15) is 9.59 Å². The number of nitrogens with two attached hydrogens (primary N) is 1. The summed E-state index contributed by atoms with van der Waals surface area (Å²) in [7, 11) is 0. The van der Waals surface area contributed by atoms with Crippen molar-refractivity contribution in [1.82, 2.24) is 14.3 Å². The van der Waals surface area contributed by atoms with Crippen LogP contribution >= 0.6 is 0 Å². The fourth-order valence-electron chi connectivity index (χ4n) is 5.24. The highest BCUT2D eigenvalue weighted by Crippen LogP contribution is 2.31. The van der Waals surface area contributed by atoms with Crippen molar-refractivity contribution < 1.29 is 9.63 Å². The van der Waals surface area contributed by atoms with Crippen LogP contribution in [0.2, 0.25) is 0 Å². The summed E-state index contributed by atoms with van der Waals surface area (Å²) in [6, 6.07) is 20.1. The number of carbonyl (C=O) groups is 1. The Morgan fingerprint density at radius 3 is 2.58 bits per heavy atom. The average molecular weight is 479 g/mol. The molecule has 0 bridgehead atoms. The SMILES string of the molecule is CC(=O)On1c(=O)c(-c2cn(Cc3cccc(CN)c3)c3ccccc23)nc2cc3c(cc21)CCC3. The number of carbonyl (C=O) groups excluding carboxylic acids is 1. The molecule has 7 nitrogen and oxygen atoms in total. The maximum Gasteiger partial charge on any atom is 0.330 e. The highest BCUT2D eigenvalue weighted by molar-refractivity contribution is 5.96. The van der Waals surface area contributed by atoms with Gasteiger partial charge >= 0.3 is 11.5 Å². The van der Waals surface area contributed by atoms with Crippen LogP contribution in [-0.2, 0) is 30.7 Å². The number of hydrogen-bond donors (Lipinski definition) is 1. The van der Waals surface area contributed by atoms with Crippen LogP contribution in [0.25, 0.3) is 33.2 Å². The van der Waals surface area contributed by atoms with Gasteiger partial charge in [-0.25, -0.2) is 9.78 Å². The average Bonchev–Trinajstić information content (AvgIpc) is 3.49. The maximum atomic E-state index is 13.7. The van der Waals surface area contributed by atoms with Crippen LogP contribution in [0.5, 0.6) is 0 Å². The van der Waals surface area contributed by atoms with Gasteiger partial charge < -0.3 is 15.1 Å². The molecule has 2 N–H and O–H groups in total. The van der Waals surface area contributed by atoms with Gasteiger partial charge in [0, 0.05) is 42.7 Å². The van der Waals surface area contributed by atoms with Crippen molar-refractivity contribution in [2.45, 2.75) is 39.3 Å². The Hall–Kier alpha value is -4.23. The van der Waals surface area contributed by atoms with E-state index < -0.39 is 11.5 Å². The van der Waals surface area contributed by atoms with E-state index in [0.29, 0.717) is 29.7 Å². The summed E-state index contributed by atoms with van der Waals surface area (Å²) in [5, 5.41) is 0.909. The minimum absolute atomic E-state index is 0.257. The fraction of sp³-hybridized carbons (Fsp3) is 0.207. The Balaban J connectivity index is 1.57. The van der Waals surface area contributed by atoms with Crippen molar-refractivity contribution in [3.05, 3.63) is 99.5 Å². The van der Waals surface area contributed by atoms with E-state index in [1.54, 1.807) is 0 Å². The van der Waals surface area contributed by atoms with Crippen LogP contribution in [-0.4, -0.2) is 20.3 Å². The second kappa shape index (κ2) is 8.77. The van der Waals surface area contributed by atoms with Crippen LogP contribution in [0.3, 0.4) is 0 Å². The van der Waals surface area contributed by atoms with E-state index in [1.807, 2.05) is 54.7 Å². The van der Waals surface area contributed by atoms with Crippen molar-refractivity contribution >= 4 is 27.9 Å². The van der Waals surface area contributed by atoms with E-state index in [4.69, 9.17) is 15.6 Å². The largest absolute Gasteiger partial charge is 0.342 e. The van der Waals surface area contributed by atoms with Crippen LogP contribution in [0.15, 0.2) is 71.7 Å². The maximum absolute atomic E-state index is 13.7. The molecule has 0 aliphatic heterocycles. The highest BCUT2D eigenvalue weighted by Gasteiger charge is 2.22. The highest BCUT2D eigenvalue weighted by atomic mass is 16.7. The fourth-order valence-corrected chi connectivity index (χ4v) is 5.24. The first-order valence-electron chi connectivity index (χ1n) is 12.2. The lowest BCUT2D eigenvalue weighted by Crippen LogP contribution is -2.31. The second-order valence-corrected chi connectivity index (χ2v) is 9.32. The summed E-state index contributed by atoms with van der Waals surface area (Å²) < 4.78 is 3.22. The van der Waals surface area contributed by atoms with Gasteiger partial charge in [-0.15, -0.1) is 4.73 Å². The summed E-state index contributed by atoms with van der Waals surface area (Å²) in [4.78, 5) is 35.9. The number of fused-ring (bicyclic) bond motifs is 3. The predicted molar refractivity (Wildman–Crippen MR) is 140 cm³/mol. The summed E-state index contributed by atoms with van der Waals surface area (Å²) in [5.74, 6) is -0.557. The molecule has 5 aromatic rings. The molecule has 0 fully saturated rings. The van der Waals surface area contributed by atoms with E-state index in [-0.39, 0.29) is 5.69 Å². The molecule has 0 saturated heterocycles. The molecular formula is C29H26N4O3. The number of benzene rings is 3. The lowest BCUT2D eigenvalue weighted by atomic mass is 10.1. The van der Waals surface area contributed by atoms with E-state index in [0.717, 1.165) is 46.0 Å². The van der Waals surface area contributed by atoms with Crippen molar-refractivity contribution in [2.24, 2.45) is 5.73 Å². The Bertz CT molecular complexity index is 1710. The molecule has 0 saturated carbocycles. The number of rotatable bonds is 5. The zero-order valence-corrected chi connectivity index (χ0v) is 20.0. The summed E-state index contributed by atoms with van der Waals surface area (Å²) in [6.07, 6.45) is 4.95. The smallest absolute Gasteiger partial charge is 0.330 e. The molecule has 0 unspecified atom stereocenters. The predicted octanol–water partition coefficient (Wildman–Crippen LogP) is 3.99. The zero-order valence-electron chi connectivity index (χ0n) is 20.0. The van der Waals surface area contributed by atoms with Crippen molar-refractivity contribution in [3.8, 4) is 11.3 Å². The first-order valence-corrected chi connectivity index (χ1v) is 12.2. The first kappa shape index (κ1) is 22.2. The van der Waals surface area contributed by atoms with Gasteiger partial charge in [-0.05, 0) is 59.7 Å². The molecule has 7 heteroatoms. The molecule has 1 aliphatic rings. The topological polar surface area (TPSA) is 92.1 Å². The van der Waals surface area contributed by atoms with Crippen molar-refractivity contribution in [2.75, 3.05) is 0 Å². The lowest BCUT2D eigenvalue weighted by Gasteiger charge is -2.12. The molecule has 0 radical (unpaired) electrons.